The minimum atomic E-state index is 0.102. The maximum Gasteiger partial charge on any atom is 0.192 e. The minimum absolute atomic E-state index is 0.102. The van der Waals surface area contributed by atoms with E-state index in [-0.39, 0.29) is 11.8 Å². The Kier molecular flexibility index (Phi) is 4.52. The topological polar surface area (TPSA) is 45.3 Å². The number of nitrogens with one attached hydrogen (secondary N) is 1. The number of aromatic nitrogens is 1. The standard InChI is InChI=1S/C11H18N2O2/c1-9(8-15-3)13(2)7-11(14)10-5-4-6-12-10/h4-6,9,12H,7-8H2,1-3H3. The van der Waals surface area contributed by atoms with E-state index in [1.54, 1.807) is 19.4 Å². The first kappa shape index (κ1) is 11.9. The van der Waals surface area contributed by atoms with Crippen molar-refractivity contribution in [2.45, 2.75) is 13.0 Å². The molecule has 0 saturated heterocycles. The smallest absolute Gasteiger partial charge is 0.192 e. The van der Waals surface area contributed by atoms with Gasteiger partial charge in [-0.25, -0.2) is 0 Å². The summed E-state index contributed by atoms with van der Waals surface area (Å²) in [7, 11) is 3.58. The predicted molar refractivity (Wildman–Crippen MR) is 59.1 cm³/mol. The van der Waals surface area contributed by atoms with Gasteiger partial charge in [0.25, 0.3) is 0 Å². The van der Waals surface area contributed by atoms with Crippen molar-refractivity contribution >= 4 is 5.78 Å². The molecule has 1 rings (SSSR count). The SMILES string of the molecule is COCC(C)N(C)CC(=O)c1ccc[nH]1. The first-order valence-electron chi connectivity index (χ1n) is 5.01. The third-order valence-electron chi connectivity index (χ3n) is 2.45. The Hall–Kier alpha value is -1.13. The molecule has 1 heterocycles. The molecule has 15 heavy (non-hydrogen) atoms. The van der Waals surface area contributed by atoms with Gasteiger partial charge >= 0.3 is 0 Å². The molecule has 1 atom stereocenters. The highest BCUT2D eigenvalue weighted by molar-refractivity contribution is 5.95. The summed E-state index contributed by atoms with van der Waals surface area (Å²) >= 11 is 0. The monoisotopic (exact) mass is 210 g/mol. The lowest BCUT2D eigenvalue weighted by molar-refractivity contribution is 0.0837. The Bertz CT molecular complexity index is 296. The summed E-state index contributed by atoms with van der Waals surface area (Å²) in [5, 5.41) is 0. The molecule has 0 saturated carbocycles. The van der Waals surface area contributed by atoms with Crippen LogP contribution in [0.25, 0.3) is 0 Å². The molecule has 1 unspecified atom stereocenters. The van der Waals surface area contributed by atoms with E-state index >= 15 is 0 Å². The van der Waals surface area contributed by atoms with Crippen molar-refractivity contribution < 1.29 is 9.53 Å². The zero-order valence-corrected chi connectivity index (χ0v) is 9.49. The van der Waals surface area contributed by atoms with Gasteiger partial charge in [-0.3, -0.25) is 9.69 Å². The lowest BCUT2D eigenvalue weighted by atomic mass is 10.2. The van der Waals surface area contributed by atoms with Crippen LogP contribution in [0.5, 0.6) is 0 Å². The van der Waals surface area contributed by atoms with Crippen LogP contribution in [-0.2, 0) is 4.74 Å². The number of carbonyl (C=O) groups is 1. The van der Waals surface area contributed by atoms with Gasteiger partial charge in [0, 0.05) is 19.3 Å². The number of hydrogen-bond donors (Lipinski definition) is 1. The van der Waals surface area contributed by atoms with Gasteiger partial charge in [0.05, 0.1) is 18.8 Å². The van der Waals surface area contributed by atoms with E-state index in [2.05, 4.69) is 4.98 Å². The summed E-state index contributed by atoms with van der Waals surface area (Å²) in [6.45, 7) is 3.07. The van der Waals surface area contributed by atoms with Gasteiger partial charge in [0.15, 0.2) is 5.78 Å². The highest BCUT2D eigenvalue weighted by atomic mass is 16.5. The molecule has 84 valence electrons. The van der Waals surface area contributed by atoms with Crippen molar-refractivity contribution in [3.05, 3.63) is 24.0 Å². The Labute approximate surface area is 90.2 Å². The fourth-order valence-electron chi connectivity index (χ4n) is 1.34. The molecule has 0 amide bonds. The fraction of sp³-hybridized carbons (Fsp3) is 0.545. The van der Waals surface area contributed by atoms with Crippen molar-refractivity contribution in [2.75, 3.05) is 27.3 Å². The molecular weight excluding hydrogens is 192 g/mol. The van der Waals surface area contributed by atoms with Crippen LogP contribution >= 0.6 is 0 Å². The molecule has 0 aliphatic heterocycles. The zero-order chi connectivity index (χ0) is 11.3. The molecule has 0 bridgehead atoms. The van der Waals surface area contributed by atoms with E-state index in [9.17, 15) is 4.79 Å². The Morgan fingerprint density at radius 2 is 2.40 bits per heavy atom. The van der Waals surface area contributed by atoms with Crippen molar-refractivity contribution in [3.8, 4) is 0 Å². The normalized spacial score (nSPS) is 13.1. The number of nitrogens with zero attached hydrogens (tertiary/aromatic N) is 1. The Morgan fingerprint density at radius 3 is 2.93 bits per heavy atom. The Balaban J connectivity index is 2.44. The summed E-state index contributed by atoms with van der Waals surface area (Å²) in [5.74, 6) is 0.102. The van der Waals surface area contributed by atoms with Gasteiger partial charge in [-0.1, -0.05) is 0 Å². The molecule has 1 aromatic heterocycles. The molecule has 4 heteroatoms. The lowest BCUT2D eigenvalue weighted by Crippen LogP contribution is -2.36. The summed E-state index contributed by atoms with van der Waals surface area (Å²) in [5.41, 5.74) is 0.659. The van der Waals surface area contributed by atoms with Crippen LogP contribution in [0.15, 0.2) is 18.3 Å². The molecule has 1 aromatic rings. The lowest BCUT2D eigenvalue weighted by Gasteiger charge is -2.22. The summed E-state index contributed by atoms with van der Waals surface area (Å²) in [6.07, 6.45) is 1.76. The maximum atomic E-state index is 11.7. The Morgan fingerprint density at radius 1 is 1.67 bits per heavy atom. The van der Waals surface area contributed by atoms with E-state index in [0.717, 1.165) is 0 Å². The molecule has 0 spiro atoms. The predicted octanol–water partition coefficient (Wildman–Crippen LogP) is 1.16. The number of Topliss-reactive ketones (excluding diaryl/α,β-unsaturated/α-hetero) is 1. The van der Waals surface area contributed by atoms with Gasteiger partial charge in [-0.2, -0.15) is 0 Å². The number of carbonyl (C=O) groups excluding carboxylic acids is 1. The minimum Gasteiger partial charge on any atom is -0.383 e. The van der Waals surface area contributed by atoms with Crippen LogP contribution in [0.3, 0.4) is 0 Å². The second-order valence-corrected chi connectivity index (χ2v) is 3.73. The van der Waals surface area contributed by atoms with Crippen LogP contribution < -0.4 is 0 Å². The third-order valence-corrected chi connectivity index (χ3v) is 2.45. The van der Waals surface area contributed by atoms with E-state index < -0.39 is 0 Å². The van der Waals surface area contributed by atoms with Crippen molar-refractivity contribution in [3.63, 3.8) is 0 Å². The van der Waals surface area contributed by atoms with Crippen LogP contribution in [0.2, 0.25) is 0 Å². The molecular formula is C11H18N2O2. The van der Waals surface area contributed by atoms with Gasteiger partial charge in [-0.15, -0.1) is 0 Å². The molecule has 0 aliphatic carbocycles. The maximum absolute atomic E-state index is 11.7. The second-order valence-electron chi connectivity index (χ2n) is 3.73. The van der Waals surface area contributed by atoms with E-state index in [4.69, 9.17) is 4.74 Å². The van der Waals surface area contributed by atoms with Crippen LogP contribution in [0, 0.1) is 0 Å². The number of aromatic amines is 1. The second kappa shape index (κ2) is 5.68. The first-order chi connectivity index (χ1) is 7.15. The molecule has 0 aliphatic rings. The van der Waals surface area contributed by atoms with Gasteiger partial charge in [-0.05, 0) is 26.1 Å². The highest BCUT2D eigenvalue weighted by Crippen LogP contribution is 2.01. The van der Waals surface area contributed by atoms with E-state index in [1.165, 1.54) is 0 Å². The van der Waals surface area contributed by atoms with Crippen molar-refractivity contribution in [1.29, 1.82) is 0 Å². The molecule has 4 nitrogen and oxygen atoms in total. The summed E-state index contributed by atoms with van der Waals surface area (Å²) < 4.78 is 5.04. The third kappa shape index (κ3) is 3.49. The number of hydrogen-bond acceptors (Lipinski definition) is 3. The average Bonchev–Trinajstić information content (AvgIpc) is 2.70. The first-order valence-corrected chi connectivity index (χ1v) is 5.01. The quantitative estimate of drug-likeness (QED) is 0.717. The average molecular weight is 210 g/mol. The summed E-state index contributed by atoms with van der Waals surface area (Å²) in [4.78, 5) is 16.6. The number of ketones is 1. The number of methoxy groups -OCH3 is 1. The number of rotatable bonds is 6. The van der Waals surface area contributed by atoms with Crippen molar-refractivity contribution in [1.82, 2.24) is 9.88 Å². The number of likely N-dealkylation sites (N-methyl/N-ethyl adjacent to an activating group) is 1. The van der Waals surface area contributed by atoms with E-state index in [0.29, 0.717) is 18.8 Å². The van der Waals surface area contributed by atoms with Crippen LogP contribution in [-0.4, -0.2) is 49.0 Å². The molecule has 1 N–H and O–H groups in total. The largest absolute Gasteiger partial charge is 0.383 e. The van der Waals surface area contributed by atoms with Gasteiger partial charge < -0.3 is 9.72 Å². The highest BCUT2D eigenvalue weighted by Gasteiger charge is 2.14. The number of H-pyrrole nitrogens is 1. The van der Waals surface area contributed by atoms with Crippen LogP contribution in [0.4, 0.5) is 0 Å². The summed E-state index contributed by atoms with van der Waals surface area (Å²) in [6, 6.07) is 3.86. The van der Waals surface area contributed by atoms with E-state index in [1.807, 2.05) is 24.9 Å². The van der Waals surface area contributed by atoms with Gasteiger partial charge in [0.1, 0.15) is 0 Å². The zero-order valence-electron chi connectivity index (χ0n) is 9.49. The van der Waals surface area contributed by atoms with Crippen molar-refractivity contribution in [2.24, 2.45) is 0 Å². The van der Waals surface area contributed by atoms with Gasteiger partial charge in [0.2, 0.25) is 0 Å². The van der Waals surface area contributed by atoms with Crippen LogP contribution in [0.1, 0.15) is 17.4 Å². The fourth-order valence-corrected chi connectivity index (χ4v) is 1.34. The molecule has 0 radical (unpaired) electrons. The molecule has 0 aromatic carbocycles. The molecule has 0 fully saturated rings. The number of ether oxygens (including phenoxy) is 1.